The predicted octanol–water partition coefficient (Wildman–Crippen LogP) is 3.46. The van der Waals surface area contributed by atoms with Crippen LogP contribution in [0.4, 0.5) is 0 Å². The van der Waals surface area contributed by atoms with Crippen LogP contribution in [0.2, 0.25) is 0 Å². The van der Waals surface area contributed by atoms with E-state index < -0.39 is 5.97 Å². The Bertz CT molecular complexity index is 3480. The molecule has 3 saturated heterocycles. The Morgan fingerprint density at radius 2 is 0.805 bits per heavy atom. The lowest BCUT2D eigenvalue weighted by atomic mass is 9.79. The van der Waals surface area contributed by atoms with Gasteiger partial charge in [0.2, 0.25) is 29.5 Å². The maximum atomic E-state index is 12.4. The Kier molecular flexibility index (Phi) is 19.3. The molecule has 3 aliphatic heterocycles. The smallest absolute Gasteiger partial charge is 0.309 e. The topological polar surface area (TPSA) is 365 Å². The minimum atomic E-state index is -0.664. The van der Waals surface area contributed by atoms with E-state index in [4.69, 9.17) is 28.9 Å². The number of rotatable bonds is 15. The lowest BCUT2D eigenvalue weighted by molar-refractivity contribution is -0.146. The first-order chi connectivity index (χ1) is 42.0. The summed E-state index contributed by atoms with van der Waals surface area (Å²) in [7, 11) is 5.93. The molecule has 3 saturated carbocycles. The van der Waals surface area contributed by atoms with Crippen LogP contribution < -0.4 is 38.1 Å². The van der Waals surface area contributed by atoms with Gasteiger partial charge in [-0.05, 0) is 59.7 Å². The van der Waals surface area contributed by atoms with Gasteiger partial charge in [-0.3, -0.25) is 49.8 Å². The highest BCUT2D eigenvalue weighted by Crippen LogP contribution is 2.38. The number of hydrazine groups is 2. The molecule has 0 radical (unpaired) electrons. The standard InChI is InChI=1S/C20H23N5O4.C20H21N5O3.C15H16N4O3.C5H9NO2/c1-25-10-14(11-25)19(27)23-22-18(26)13-7-15(8-13)21-20(28)16-9-17(29-24-16)12-5-3-2-4-6-12;1-25-10-14(11-25)20-23-22-19(27-20)13-7-15(8-13)21-18(26)16-9-17(28-24-16)12-5-3-2-4-6-12;16-18-14(20)10-6-11(7-10)17-15(21)12-8-13(22-19-12)9-4-2-1-3-5-9;1-6-2-4(3-6)5(7)8/h2-6,9,13-15H,7-8,10-11H2,1H3,(H,21,28)(H,22,26)(H,23,27);2-6,9,13-15H,7-8,10-11H2,1H3,(H,21,26);1-5,8,10-11H,6-7,16H2,(H,17,21)(H,18,20);4H,2-3H2,1H3,(H,7,8). The van der Waals surface area contributed by atoms with Crippen LogP contribution in [0.25, 0.3) is 34.0 Å². The summed E-state index contributed by atoms with van der Waals surface area (Å²) in [6.45, 7) is 4.77. The second-order valence-corrected chi connectivity index (χ2v) is 22.9. The molecule has 3 aromatic carbocycles. The van der Waals surface area contributed by atoms with Gasteiger partial charge in [0.1, 0.15) is 0 Å². The molecular weight excluding hydrogens is 1120 g/mol. The summed E-state index contributed by atoms with van der Waals surface area (Å²) >= 11 is 0. The number of nitrogens with one attached hydrogen (secondary N) is 6. The third-order valence-corrected chi connectivity index (χ3v) is 16.1. The first-order valence-electron chi connectivity index (χ1n) is 28.7. The number of likely N-dealkylation sites (tertiary alicyclic amines) is 3. The number of hydrogen-bond acceptors (Lipinski definition) is 20. The molecule has 27 heteroatoms. The van der Waals surface area contributed by atoms with Crippen molar-refractivity contribution in [1.29, 1.82) is 0 Å². The normalized spacial score (nSPS) is 21.6. The number of hydrogen-bond donors (Lipinski definition) is 8. The third kappa shape index (κ3) is 15.5. The molecule has 6 amide bonds. The van der Waals surface area contributed by atoms with Crippen molar-refractivity contribution in [3.05, 3.63) is 138 Å². The summed E-state index contributed by atoms with van der Waals surface area (Å²) in [6, 6.07) is 33.2. The zero-order chi connectivity index (χ0) is 61.1. The van der Waals surface area contributed by atoms with E-state index in [0.717, 1.165) is 61.6 Å². The number of amides is 6. The Balaban J connectivity index is 0.000000137. The Morgan fingerprint density at radius 3 is 1.16 bits per heavy atom. The van der Waals surface area contributed by atoms with Crippen LogP contribution >= 0.6 is 0 Å². The highest BCUT2D eigenvalue weighted by atomic mass is 16.5. The summed E-state index contributed by atoms with van der Waals surface area (Å²) in [6.07, 6.45) is 3.78. The molecule has 4 aromatic heterocycles. The van der Waals surface area contributed by atoms with E-state index >= 15 is 0 Å². The van der Waals surface area contributed by atoms with E-state index in [2.05, 4.69) is 69.8 Å². The van der Waals surface area contributed by atoms with Crippen molar-refractivity contribution < 1.29 is 56.7 Å². The number of nitrogens with two attached hydrogens (primary N) is 1. The highest BCUT2D eigenvalue weighted by Gasteiger charge is 2.40. The zero-order valence-corrected chi connectivity index (χ0v) is 48.2. The number of nitrogens with zero attached hydrogens (tertiary/aromatic N) is 8. The van der Waals surface area contributed by atoms with Gasteiger partial charge in [-0.25, -0.2) is 5.84 Å². The summed E-state index contributed by atoms with van der Waals surface area (Å²) in [4.78, 5) is 88.4. The van der Waals surface area contributed by atoms with Crippen molar-refractivity contribution in [3.63, 3.8) is 0 Å². The van der Waals surface area contributed by atoms with Crippen LogP contribution in [-0.2, 0) is 19.2 Å². The van der Waals surface area contributed by atoms with Gasteiger partial charge in [0.25, 0.3) is 17.7 Å². The average Bonchev–Trinajstić information content (AvgIpc) is 2.31. The van der Waals surface area contributed by atoms with E-state index in [9.17, 15) is 33.6 Å². The fourth-order valence-corrected chi connectivity index (χ4v) is 10.6. The lowest BCUT2D eigenvalue weighted by Crippen LogP contribution is -2.57. The van der Waals surface area contributed by atoms with E-state index in [1.807, 2.05) is 115 Å². The third-order valence-electron chi connectivity index (χ3n) is 16.1. The van der Waals surface area contributed by atoms with E-state index in [1.54, 1.807) is 18.2 Å². The van der Waals surface area contributed by atoms with Gasteiger partial charge in [-0.2, -0.15) is 0 Å². The molecular formula is C60H69N15O12. The molecule has 7 aromatic rings. The monoisotopic (exact) mass is 1190 g/mol. The first kappa shape index (κ1) is 60.7. The van der Waals surface area contributed by atoms with Crippen LogP contribution in [-0.4, -0.2) is 165 Å². The summed E-state index contributed by atoms with van der Waals surface area (Å²) in [5.74, 6) is 6.04. The van der Waals surface area contributed by atoms with Crippen molar-refractivity contribution in [1.82, 2.24) is 72.6 Å². The summed E-state index contributed by atoms with van der Waals surface area (Å²) < 4.78 is 21.6. The van der Waals surface area contributed by atoms with Crippen molar-refractivity contribution in [3.8, 4) is 34.0 Å². The van der Waals surface area contributed by atoms with Crippen molar-refractivity contribution >= 4 is 41.4 Å². The number of benzene rings is 3. The fraction of sp³-hybridized carbons (Fsp3) is 0.400. The van der Waals surface area contributed by atoms with Crippen molar-refractivity contribution in [2.75, 3.05) is 60.4 Å². The van der Waals surface area contributed by atoms with Crippen molar-refractivity contribution in [2.24, 2.45) is 29.5 Å². The number of aromatic nitrogens is 5. The summed E-state index contributed by atoms with van der Waals surface area (Å²) in [5, 5.41) is 36.9. The van der Waals surface area contributed by atoms with E-state index in [1.165, 1.54) is 0 Å². The van der Waals surface area contributed by atoms with Crippen molar-refractivity contribution in [2.45, 2.75) is 68.5 Å². The molecule has 0 spiro atoms. The predicted molar refractivity (Wildman–Crippen MR) is 310 cm³/mol. The van der Waals surface area contributed by atoms with Gasteiger partial charge in [-0.1, -0.05) is 106 Å². The maximum absolute atomic E-state index is 12.4. The molecule has 0 bridgehead atoms. The van der Waals surface area contributed by atoms with Gasteiger partial charge < -0.3 is 53.7 Å². The molecule has 7 heterocycles. The van der Waals surface area contributed by atoms with Crippen LogP contribution in [0.3, 0.4) is 0 Å². The van der Waals surface area contributed by atoms with Gasteiger partial charge in [0, 0.05) is 110 Å². The molecule has 27 nitrogen and oxygen atoms in total. The molecule has 456 valence electrons. The minimum absolute atomic E-state index is 0.0355. The molecule has 6 aliphatic rings. The number of carbonyl (C=O) groups excluding carboxylic acids is 6. The second kappa shape index (κ2) is 27.7. The fourth-order valence-electron chi connectivity index (χ4n) is 10.6. The Hall–Kier alpha value is -9.44. The van der Waals surface area contributed by atoms with Crippen LogP contribution in [0.15, 0.2) is 127 Å². The Morgan fingerprint density at radius 1 is 0.460 bits per heavy atom. The molecule has 6 fully saturated rings. The van der Waals surface area contributed by atoms with Gasteiger partial charge >= 0.3 is 5.97 Å². The molecule has 9 N–H and O–H groups in total. The first-order valence-corrected chi connectivity index (χ1v) is 28.7. The lowest BCUT2D eigenvalue weighted by Gasteiger charge is -2.36. The largest absolute Gasteiger partial charge is 0.481 e. The summed E-state index contributed by atoms with van der Waals surface area (Å²) in [5.41, 5.74) is 10.4. The number of aliphatic carboxylic acids is 1. The Labute approximate surface area is 499 Å². The van der Waals surface area contributed by atoms with Gasteiger partial charge in [-0.15, -0.1) is 10.2 Å². The number of carboxylic acid groups (broad SMARTS) is 1. The second-order valence-electron chi connectivity index (χ2n) is 22.9. The molecule has 3 aliphatic carbocycles. The molecule has 87 heavy (non-hydrogen) atoms. The number of likely N-dealkylation sites (N-methyl/N-ethyl adjacent to an activating group) is 1. The zero-order valence-electron chi connectivity index (χ0n) is 48.2. The van der Waals surface area contributed by atoms with Crippen LogP contribution in [0.5, 0.6) is 0 Å². The van der Waals surface area contributed by atoms with E-state index in [-0.39, 0.29) is 100 Å². The number of carbonyl (C=O) groups is 7. The number of carboxylic acids is 1. The molecule has 0 unspecified atom stereocenters. The highest BCUT2D eigenvalue weighted by molar-refractivity contribution is 5.95. The molecule has 0 atom stereocenters. The van der Waals surface area contributed by atoms with E-state index in [0.29, 0.717) is 67.9 Å². The van der Waals surface area contributed by atoms with Crippen LogP contribution in [0.1, 0.15) is 93.6 Å². The van der Waals surface area contributed by atoms with Gasteiger partial charge in [0.05, 0.1) is 17.8 Å². The minimum Gasteiger partial charge on any atom is -0.481 e. The van der Waals surface area contributed by atoms with Gasteiger partial charge in [0.15, 0.2) is 34.4 Å². The molecule has 13 rings (SSSR count). The quantitative estimate of drug-likeness (QED) is 0.0414. The average molecular weight is 1190 g/mol. The SMILES string of the molecule is CN1CC(C(=O)NNC(=O)C2CC(NC(=O)c3cc(-c4ccccc4)on3)C2)C1.CN1CC(C(=O)O)C1.CN1CC(c2nnc(C3CC(NC(=O)c4cc(-c5ccccc5)on4)C3)o2)C1.NNC(=O)C1CC(NC(=O)c2cc(-c3ccccc3)on2)C1. The van der Waals surface area contributed by atoms with Crippen LogP contribution in [0, 0.1) is 23.7 Å². The maximum Gasteiger partial charge on any atom is 0.309 e.